The lowest BCUT2D eigenvalue weighted by molar-refractivity contribution is -0.115. The molecule has 2 atom stereocenters. The molecule has 3 aromatic rings. The van der Waals surface area contributed by atoms with Gasteiger partial charge in [-0.2, -0.15) is 0 Å². The normalized spacial score (nSPS) is 15.0. The molecule has 41 heavy (non-hydrogen) atoms. The molecule has 0 aliphatic carbocycles. The number of carbonyl (C=O) groups is 1. The summed E-state index contributed by atoms with van der Waals surface area (Å²) >= 11 is 0. The number of nitrogens with zero attached hydrogens (tertiary/aromatic N) is 1. The zero-order chi connectivity index (χ0) is 30.5. The molecule has 0 amide bonds. The van der Waals surface area contributed by atoms with Gasteiger partial charge in [0.1, 0.15) is 17.3 Å². The van der Waals surface area contributed by atoms with E-state index in [-0.39, 0.29) is 17.9 Å². The third-order valence-corrected chi connectivity index (χ3v) is 6.29. The van der Waals surface area contributed by atoms with Gasteiger partial charge in [0.2, 0.25) is 0 Å². The van der Waals surface area contributed by atoms with Crippen molar-refractivity contribution in [3.8, 4) is 11.5 Å². The Morgan fingerprint density at radius 2 is 1.41 bits per heavy atom. The first kappa shape index (κ1) is 35.8. The summed E-state index contributed by atoms with van der Waals surface area (Å²) in [6, 6.07) is 26.8. The van der Waals surface area contributed by atoms with Gasteiger partial charge in [-0.25, -0.2) is 0 Å². The summed E-state index contributed by atoms with van der Waals surface area (Å²) in [5, 5.41) is 0. The largest absolute Gasteiger partial charge is 0.496 e. The molecule has 0 saturated carbocycles. The Bertz CT molecular complexity index is 1060. The van der Waals surface area contributed by atoms with Crippen LogP contribution in [0.2, 0.25) is 0 Å². The highest BCUT2D eigenvalue weighted by Gasteiger charge is 2.23. The minimum Gasteiger partial charge on any atom is -0.496 e. The van der Waals surface area contributed by atoms with E-state index >= 15 is 0 Å². The Hall–Kier alpha value is -3.19. The van der Waals surface area contributed by atoms with Crippen molar-refractivity contribution in [2.75, 3.05) is 33.9 Å². The molecule has 4 rings (SSSR count). The maximum atomic E-state index is 9.44. The van der Waals surface area contributed by atoms with Gasteiger partial charge in [0.05, 0.1) is 26.9 Å². The third-order valence-electron chi connectivity index (χ3n) is 6.29. The molecule has 1 aliphatic heterocycles. The van der Waals surface area contributed by atoms with Gasteiger partial charge < -0.3 is 24.7 Å². The van der Waals surface area contributed by atoms with E-state index in [0.717, 1.165) is 62.6 Å². The Balaban J connectivity index is 0.000000434. The van der Waals surface area contributed by atoms with Gasteiger partial charge in [0.25, 0.3) is 0 Å². The zero-order valence-corrected chi connectivity index (χ0v) is 26.3. The summed E-state index contributed by atoms with van der Waals surface area (Å²) < 4.78 is 16.5. The SMILES string of the molecule is CC.CC(C)=O.CCc1ccccc1OC.COc1ccccc1CC(N)CC1CN(Cc2ccccc2)CCO1. The number of morpholine rings is 1. The number of rotatable bonds is 9. The van der Waals surface area contributed by atoms with Crippen LogP contribution in [0.1, 0.15) is 57.7 Å². The lowest BCUT2D eigenvalue weighted by Crippen LogP contribution is -2.44. The molecule has 1 aliphatic rings. The molecule has 2 unspecified atom stereocenters. The van der Waals surface area contributed by atoms with E-state index in [9.17, 15) is 4.79 Å². The molecule has 0 bridgehead atoms. The second-order valence-electron chi connectivity index (χ2n) is 9.80. The molecule has 1 fully saturated rings. The molecule has 3 aromatic carbocycles. The van der Waals surface area contributed by atoms with Gasteiger partial charge in [-0.3, -0.25) is 4.90 Å². The van der Waals surface area contributed by atoms with Crippen LogP contribution in [0.15, 0.2) is 78.9 Å². The molecule has 1 saturated heterocycles. The van der Waals surface area contributed by atoms with E-state index in [0.29, 0.717) is 0 Å². The van der Waals surface area contributed by atoms with Crippen LogP contribution in [0.3, 0.4) is 0 Å². The molecule has 2 N–H and O–H groups in total. The van der Waals surface area contributed by atoms with Gasteiger partial charge in [0, 0.05) is 25.7 Å². The number of nitrogens with two attached hydrogens (primary N) is 1. The molecule has 226 valence electrons. The summed E-state index contributed by atoms with van der Waals surface area (Å²) in [5.41, 5.74) is 10.2. The number of aryl methyl sites for hydroxylation is 1. The standard InChI is InChI=1S/C21H28N2O2.C9H12O.C3H6O.C2H6/c1-24-21-10-6-5-9-18(21)13-19(22)14-20-16-23(11-12-25-20)15-17-7-3-2-4-8-17;1-3-8-6-4-5-7-9(8)10-2;1-3(2)4;1-2/h2-10,19-20H,11-16,22H2,1H3;4-7H,3H2,1-2H3;1-2H3;1-2H3. The molecular formula is C35H52N2O4. The first-order valence-electron chi connectivity index (χ1n) is 14.7. The lowest BCUT2D eigenvalue weighted by Gasteiger charge is -2.34. The second-order valence-corrected chi connectivity index (χ2v) is 9.80. The number of benzene rings is 3. The first-order valence-corrected chi connectivity index (χ1v) is 14.7. The van der Waals surface area contributed by atoms with Crippen molar-refractivity contribution in [3.63, 3.8) is 0 Å². The average molecular weight is 565 g/mol. The Kier molecular flexibility index (Phi) is 18.8. The molecule has 6 nitrogen and oxygen atoms in total. The molecule has 0 radical (unpaired) electrons. The van der Waals surface area contributed by atoms with Crippen molar-refractivity contribution in [3.05, 3.63) is 95.6 Å². The van der Waals surface area contributed by atoms with E-state index in [2.05, 4.69) is 54.3 Å². The topological polar surface area (TPSA) is 74.0 Å². The van der Waals surface area contributed by atoms with Gasteiger partial charge in [-0.1, -0.05) is 87.5 Å². The van der Waals surface area contributed by atoms with Crippen molar-refractivity contribution in [1.29, 1.82) is 0 Å². The predicted octanol–water partition coefficient (Wildman–Crippen LogP) is 6.74. The molecule has 1 heterocycles. The second kappa shape index (κ2) is 21.5. The summed E-state index contributed by atoms with van der Waals surface area (Å²) in [4.78, 5) is 11.9. The highest BCUT2D eigenvalue weighted by Crippen LogP contribution is 2.21. The fraction of sp³-hybridized carbons (Fsp3) is 0.457. The summed E-state index contributed by atoms with van der Waals surface area (Å²) in [6.07, 6.45) is 2.90. The molecular weight excluding hydrogens is 512 g/mol. The summed E-state index contributed by atoms with van der Waals surface area (Å²) in [6.45, 7) is 12.8. The van der Waals surface area contributed by atoms with Gasteiger partial charge >= 0.3 is 0 Å². The van der Waals surface area contributed by atoms with Crippen LogP contribution in [0.4, 0.5) is 0 Å². The van der Waals surface area contributed by atoms with Crippen LogP contribution in [-0.2, 0) is 28.9 Å². The number of hydrogen-bond donors (Lipinski definition) is 1. The monoisotopic (exact) mass is 564 g/mol. The highest BCUT2D eigenvalue weighted by molar-refractivity contribution is 5.72. The molecule has 0 spiro atoms. The number of hydrogen-bond acceptors (Lipinski definition) is 6. The minimum absolute atomic E-state index is 0.0676. The van der Waals surface area contributed by atoms with Gasteiger partial charge in [0.15, 0.2) is 0 Å². The Labute approximate surface area is 248 Å². The number of ketones is 1. The third kappa shape index (κ3) is 14.8. The lowest BCUT2D eigenvalue weighted by atomic mass is 9.99. The molecule has 6 heteroatoms. The zero-order valence-electron chi connectivity index (χ0n) is 26.3. The Morgan fingerprint density at radius 3 is 1.95 bits per heavy atom. The fourth-order valence-corrected chi connectivity index (χ4v) is 4.48. The van der Waals surface area contributed by atoms with Crippen molar-refractivity contribution >= 4 is 5.78 Å². The smallest absolute Gasteiger partial charge is 0.126 e. The van der Waals surface area contributed by atoms with Crippen LogP contribution in [0.5, 0.6) is 11.5 Å². The predicted molar refractivity (Wildman–Crippen MR) is 171 cm³/mol. The number of para-hydroxylation sites is 2. The van der Waals surface area contributed by atoms with Crippen LogP contribution >= 0.6 is 0 Å². The quantitative estimate of drug-likeness (QED) is 0.310. The summed E-state index contributed by atoms with van der Waals surface area (Å²) in [7, 11) is 3.41. The number of methoxy groups -OCH3 is 2. The Morgan fingerprint density at radius 1 is 0.902 bits per heavy atom. The van der Waals surface area contributed by atoms with E-state index in [1.54, 1.807) is 14.2 Å². The van der Waals surface area contributed by atoms with Crippen LogP contribution in [0.25, 0.3) is 0 Å². The van der Waals surface area contributed by atoms with Crippen molar-refractivity contribution in [2.24, 2.45) is 5.73 Å². The fourth-order valence-electron chi connectivity index (χ4n) is 4.48. The van der Waals surface area contributed by atoms with Crippen LogP contribution in [-0.4, -0.2) is 56.7 Å². The minimum atomic E-state index is 0.0676. The van der Waals surface area contributed by atoms with Gasteiger partial charge in [-0.15, -0.1) is 0 Å². The van der Waals surface area contributed by atoms with E-state index in [1.807, 2.05) is 50.2 Å². The number of carbonyl (C=O) groups excluding carboxylic acids is 1. The summed E-state index contributed by atoms with van der Waals surface area (Å²) in [5.74, 6) is 2.07. The van der Waals surface area contributed by atoms with Crippen molar-refractivity contribution in [1.82, 2.24) is 4.90 Å². The van der Waals surface area contributed by atoms with E-state index in [4.69, 9.17) is 19.9 Å². The van der Waals surface area contributed by atoms with Gasteiger partial charge in [-0.05, 0) is 61.9 Å². The van der Waals surface area contributed by atoms with Crippen molar-refractivity contribution < 1.29 is 19.0 Å². The van der Waals surface area contributed by atoms with Crippen molar-refractivity contribution in [2.45, 2.75) is 72.6 Å². The van der Waals surface area contributed by atoms with Crippen LogP contribution in [0, 0.1) is 0 Å². The maximum absolute atomic E-state index is 9.44. The highest BCUT2D eigenvalue weighted by atomic mass is 16.5. The van der Waals surface area contributed by atoms with E-state index in [1.165, 1.54) is 25.0 Å². The maximum Gasteiger partial charge on any atom is 0.126 e. The number of Topliss-reactive ketones (excluding diaryl/α,β-unsaturated/α-hetero) is 1. The van der Waals surface area contributed by atoms with Crippen LogP contribution < -0.4 is 15.2 Å². The first-order chi connectivity index (χ1) is 19.9. The average Bonchev–Trinajstić information content (AvgIpc) is 2.99. The molecule has 0 aromatic heterocycles. The van der Waals surface area contributed by atoms with E-state index < -0.39 is 0 Å². The number of ether oxygens (including phenoxy) is 3.